The number of carbonyl (C=O) groups excluding carboxylic acids is 1. The van der Waals surface area contributed by atoms with Gasteiger partial charge >= 0.3 is 0 Å². The van der Waals surface area contributed by atoms with Crippen LogP contribution in [0, 0.1) is 5.82 Å². The molecule has 0 aliphatic carbocycles. The lowest BCUT2D eigenvalue weighted by molar-refractivity contribution is -0.892. The second-order valence-corrected chi connectivity index (χ2v) is 6.38. The maximum Gasteiger partial charge on any atom is 0.279 e. The monoisotopic (exact) mass is 348 g/mol. The molecule has 0 atom stereocenters. The van der Waals surface area contributed by atoms with Crippen LogP contribution < -0.4 is 15.1 Å². The Bertz CT molecular complexity index is 682. The van der Waals surface area contributed by atoms with E-state index in [1.54, 1.807) is 36.4 Å². The van der Waals surface area contributed by atoms with Crippen molar-refractivity contribution in [2.45, 2.75) is 0 Å². The van der Waals surface area contributed by atoms with Crippen molar-refractivity contribution >= 4 is 28.9 Å². The minimum absolute atomic E-state index is 0.00237. The van der Waals surface area contributed by atoms with E-state index in [1.165, 1.54) is 17.0 Å². The minimum Gasteiger partial charge on any atom is -0.360 e. The van der Waals surface area contributed by atoms with Crippen LogP contribution in [0.2, 0.25) is 5.02 Å². The molecule has 0 aromatic heterocycles. The predicted molar refractivity (Wildman–Crippen MR) is 94.3 cm³/mol. The number of halogens is 2. The fourth-order valence-electron chi connectivity index (χ4n) is 2.88. The van der Waals surface area contributed by atoms with Gasteiger partial charge in [-0.1, -0.05) is 11.6 Å². The van der Waals surface area contributed by atoms with E-state index in [2.05, 4.69) is 10.2 Å². The highest BCUT2D eigenvalue weighted by Crippen LogP contribution is 2.15. The first-order valence-corrected chi connectivity index (χ1v) is 8.37. The number of nitrogens with zero attached hydrogens (tertiary/aromatic N) is 1. The highest BCUT2D eigenvalue weighted by Gasteiger charge is 2.22. The fraction of sp³-hybridized carbons (Fsp3) is 0.278. The van der Waals surface area contributed by atoms with Crippen molar-refractivity contribution in [3.63, 3.8) is 0 Å². The largest absolute Gasteiger partial charge is 0.360 e. The quantitative estimate of drug-likeness (QED) is 0.884. The molecule has 0 spiro atoms. The predicted octanol–water partition coefficient (Wildman–Crippen LogP) is 1.82. The third-order valence-electron chi connectivity index (χ3n) is 4.20. The molecule has 1 aliphatic rings. The van der Waals surface area contributed by atoms with Crippen LogP contribution in [0.15, 0.2) is 48.5 Å². The second kappa shape index (κ2) is 7.64. The molecule has 0 saturated carbocycles. The van der Waals surface area contributed by atoms with E-state index in [1.807, 2.05) is 0 Å². The molecule has 6 heteroatoms. The first-order chi connectivity index (χ1) is 11.6. The lowest BCUT2D eigenvalue weighted by Crippen LogP contribution is -3.15. The van der Waals surface area contributed by atoms with Crippen LogP contribution in [0.3, 0.4) is 0 Å². The zero-order valence-corrected chi connectivity index (χ0v) is 14.0. The highest BCUT2D eigenvalue weighted by atomic mass is 35.5. The molecule has 3 rings (SSSR count). The standard InChI is InChI=1S/C18H19ClFN3O/c19-14-1-5-16(6-2-14)21-18(24)13-22-9-11-23(12-10-22)17-7-3-15(20)4-8-17/h1-8H,9-13H2,(H,21,24)/p+1. The zero-order chi connectivity index (χ0) is 16.9. The molecule has 126 valence electrons. The molecule has 0 unspecified atom stereocenters. The average Bonchev–Trinajstić information content (AvgIpc) is 2.58. The van der Waals surface area contributed by atoms with Gasteiger partial charge in [0, 0.05) is 16.4 Å². The lowest BCUT2D eigenvalue weighted by Gasteiger charge is -2.33. The van der Waals surface area contributed by atoms with Gasteiger partial charge in [-0.2, -0.15) is 0 Å². The third-order valence-corrected chi connectivity index (χ3v) is 4.45. The van der Waals surface area contributed by atoms with Gasteiger partial charge in [-0.3, -0.25) is 4.79 Å². The van der Waals surface area contributed by atoms with Gasteiger partial charge in [-0.15, -0.1) is 0 Å². The molecule has 1 heterocycles. The summed E-state index contributed by atoms with van der Waals surface area (Å²) in [5.74, 6) is -0.218. The summed E-state index contributed by atoms with van der Waals surface area (Å²) in [5.41, 5.74) is 1.79. The average molecular weight is 349 g/mol. The van der Waals surface area contributed by atoms with Crippen LogP contribution in [-0.2, 0) is 4.79 Å². The van der Waals surface area contributed by atoms with Gasteiger partial charge < -0.3 is 15.1 Å². The van der Waals surface area contributed by atoms with Crippen LogP contribution in [0.5, 0.6) is 0 Å². The van der Waals surface area contributed by atoms with E-state index in [0.29, 0.717) is 11.6 Å². The maximum atomic E-state index is 13.0. The van der Waals surface area contributed by atoms with Gasteiger partial charge in [0.2, 0.25) is 0 Å². The molecule has 1 fully saturated rings. The topological polar surface area (TPSA) is 36.8 Å². The van der Waals surface area contributed by atoms with Crippen molar-refractivity contribution in [1.29, 1.82) is 0 Å². The molecule has 1 saturated heterocycles. The molecule has 2 aromatic carbocycles. The maximum absolute atomic E-state index is 13.0. The summed E-state index contributed by atoms with van der Waals surface area (Å²) in [7, 11) is 0. The van der Waals surface area contributed by atoms with Crippen LogP contribution in [0.4, 0.5) is 15.8 Å². The van der Waals surface area contributed by atoms with Crippen molar-refractivity contribution in [1.82, 2.24) is 0 Å². The molecule has 0 radical (unpaired) electrons. The van der Waals surface area contributed by atoms with Crippen LogP contribution in [-0.4, -0.2) is 38.6 Å². The Hall–Kier alpha value is -2.11. The smallest absolute Gasteiger partial charge is 0.279 e. The molecule has 2 N–H and O–H groups in total. The van der Waals surface area contributed by atoms with Crippen LogP contribution >= 0.6 is 11.6 Å². The summed E-state index contributed by atoms with van der Waals surface area (Å²) in [6.07, 6.45) is 0. The number of rotatable bonds is 4. The third kappa shape index (κ3) is 4.46. The number of quaternary nitrogens is 1. The number of amides is 1. The molecular formula is C18H20ClFN3O+. The summed E-state index contributed by atoms with van der Waals surface area (Å²) in [6, 6.07) is 13.7. The second-order valence-electron chi connectivity index (χ2n) is 5.95. The number of hydrogen-bond donors (Lipinski definition) is 2. The molecular weight excluding hydrogens is 329 g/mol. The van der Waals surface area contributed by atoms with Gasteiger partial charge in [0.25, 0.3) is 5.91 Å². The van der Waals surface area contributed by atoms with Gasteiger partial charge in [-0.05, 0) is 48.5 Å². The van der Waals surface area contributed by atoms with Crippen molar-refractivity contribution < 1.29 is 14.1 Å². The zero-order valence-electron chi connectivity index (χ0n) is 13.3. The first kappa shape index (κ1) is 16.7. The Morgan fingerprint density at radius 1 is 1.08 bits per heavy atom. The number of carbonyl (C=O) groups is 1. The normalized spacial score (nSPS) is 15.3. The van der Waals surface area contributed by atoms with E-state index < -0.39 is 0 Å². The van der Waals surface area contributed by atoms with Crippen LogP contribution in [0.1, 0.15) is 0 Å². The van der Waals surface area contributed by atoms with Gasteiger partial charge in [-0.25, -0.2) is 4.39 Å². The molecule has 24 heavy (non-hydrogen) atoms. The van der Waals surface area contributed by atoms with E-state index in [9.17, 15) is 9.18 Å². The van der Waals surface area contributed by atoms with Crippen molar-refractivity contribution in [3.05, 3.63) is 59.4 Å². The SMILES string of the molecule is O=C(C[NH+]1CCN(c2ccc(F)cc2)CC1)Nc1ccc(Cl)cc1. The number of benzene rings is 2. The molecule has 1 aliphatic heterocycles. The number of piperazine rings is 1. The van der Waals surface area contributed by atoms with Gasteiger partial charge in [0.15, 0.2) is 6.54 Å². The van der Waals surface area contributed by atoms with E-state index >= 15 is 0 Å². The molecule has 2 aromatic rings. The summed E-state index contributed by atoms with van der Waals surface area (Å²) < 4.78 is 13.0. The summed E-state index contributed by atoms with van der Waals surface area (Å²) in [6.45, 7) is 3.92. The molecule has 4 nitrogen and oxygen atoms in total. The number of anilines is 2. The molecule has 0 bridgehead atoms. The van der Waals surface area contributed by atoms with Crippen LogP contribution in [0.25, 0.3) is 0 Å². The van der Waals surface area contributed by atoms with Gasteiger partial charge in [0.1, 0.15) is 5.82 Å². The Balaban J connectivity index is 1.47. The highest BCUT2D eigenvalue weighted by molar-refractivity contribution is 6.30. The number of nitrogens with one attached hydrogen (secondary N) is 2. The summed E-state index contributed by atoms with van der Waals surface area (Å²) >= 11 is 5.83. The van der Waals surface area contributed by atoms with Gasteiger partial charge in [0.05, 0.1) is 26.2 Å². The minimum atomic E-state index is -0.220. The van der Waals surface area contributed by atoms with Crippen molar-refractivity contribution in [3.8, 4) is 0 Å². The van der Waals surface area contributed by atoms with Crippen molar-refractivity contribution in [2.75, 3.05) is 42.9 Å². The van der Waals surface area contributed by atoms with E-state index in [-0.39, 0.29) is 11.7 Å². The Kier molecular flexibility index (Phi) is 5.33. The Morgan fingerprint density at radius 3 is 2.33 bits per heavy atom. The van der Waals surface area contributed by atoms with Crippen molar-refractivity contribution in [2.24, 2.45) is 0 Å². The summed E-state index contributed by atoms with van der Waals surface area (Å²) in [4.78, 5) is 15.6. The first-order valence-electron chi connectivity index (χ1n) is 8.00. The van der Waals surface area contributed by atoms with E-state index in [0.717, 1.165) is 37.6 Å². The summed E-state index contributed by atoms with van der Waals surface area (Å²) in [5, 5.41) is 3.54. The lowest BCUT2D eigenvalue weighted by atomic mass is 10.2. The van der Waals surface area contributed by atoms with E-state index in [4.69, 9.17) is 11.6 Å². The Labute approximate surface area is 145 Å². The Morgan fingerprint density at radius 2 is 1.71 bits per heavy atom. The molecule has 1 amide bonds. The fourth-order valence-corrected chi connectivity index (χ4v) is 3.00. The number of hydrogen-bond acceptors (Lipinski definition) is 2.